The van der Waals surface area contributed by atoms with Crippen LogP contribution in [0.2, 0.25) is 0 Å². The van der Waals surface area contributed by atoms with Crippen LogP contribution in [-0.4, -0.2) is 56.8 Å². The molecular formula is C33H42N8O. The Morgan fingerprint density at radius 2 is 1.76 bits per heavy atom. The maximum absolute atomic E-state index is 11.2. The van der Waals surface area contributed by atoms with Crippen molar-refractivity contribution >= 4 is 28.4 Å². The molecule has 0 amide bonds. The molecule has 9 nitrogen and oxygen atoms in total. The van der Waals surface area contributed by atoms with Crippen molar-refractivity contribution in [1.82, 2.24) is 30.2 Å². The van der Waals surface area contributed by atoms with Crippen LogP contribution in [0.4, 0.5) is 17.3 Å². The maximum atomic E-state index is 11.2. The van der Waals surface area contributed by atoms with Crippen LogP contribution in [0.25, 0.3) is 16.9 Å². The Labute approximate surface area is 247 Å². The Morgan fingerprint density at radius 1 is 0.976 bits per heavy atom. The van der Waals surface area contributed by atoms with Gasteiger partial charge in [-0.2, -0.15) is 4.98 Å². The van der Waals surface area contributed by atoms with Crippen molar-refractivity contribution < 1.29 is 5.11 Å². The zero-order valence-electron chi connectivity index (χ0n) is 24.7. The van der Waals surface area contributed by atoms with Crippen molar-refractivity contribution in [2.75, 3.05) is 36.8 Å². The second-order valence-corrected chi connectivity index (χ2v) is 12.2. The van der Waals surface area contributed by atoms with Crippen LogP contribution in [0.1, 0.15) is 74.0 Å². The van der Waals surface area contributed by atoms with Gasteiger partial charge in [0.1, 0.15) is 11.4 Å². The molecule has 1 aliphatic heterocycles. The number of piperidine rings is 1. The largest absolute Gasteiger partial charge is 0.384 e. The molecule has 0 spiro atoms. The summed E-state index contributed by atoms with van der Waals surface area (Å²) < 4.78 is 2.20. The van der Waals surface area contributed by atoms with Crippen molar-refractivity contribution in [2.24, 2.45) is 0 Å². The second-order valence-electron chi connectivity index (χ2n) is 12.2. The van der Waals surface area contributed by atoms with Crippen LogP contribution in [0.15, 0.2) is 42.5 Å². The number of fused-ring (bicyclic) bond motifs is 2. The molecule has 1 saturated heterocycles. The Balaban J connectivity index is 1.11. The fourth-order valence-corrected chi connectivity index (χ4v) is 6.54. The number of aliphatic hydroxyl groups is 1. The van der Waals surface area contributed by atoms with E-state index < -0.39 is 5.60 Å². The molecule has 0 radical (unpaired) electrons. The quantitative estimate of drug-likeness (QED) is 0.170. The second kappa shape index (κ2) is 11.3. The van der Waals surface area contributed by atoms with E-state index in [0.717, 1.165) is 84.2 Å². The summed E-state index contributed by atoms with van der Waals surface area (Å²) in [6.45, 7) is 8.15. The zero-order chi connectivity index (χ0) is 28.7. The number of hydrogen-bond donors (Lipinski definition) is 5. The highest BCUT2D eigenvalue weighted by Crippen LogP contribution is 2.44. The number of rotatable bonds is 10. The summed E-state index contributed by atoms with van der Waals surface area (Å²) in [5.41, 5.74) is 6.19. The van der Waals surface area contributed by atoms with Gasteiger partial charge in [-0.1, -0.05) is 13.0 Å². The number of benzene rings is 1. The topological polar surface area (TPSA) is 112 Å². The molecule has 9 heteroatoms. The Bertz CT molecular complexity index is 1570. The van der Waals surface area contributed by atoms with E-state index >= 15 is 0 Å². The summed E-state index contributed by atoms with van der Waals surface area (Å²) in [5, 5.41) is 26.3. The number of nitrogens with zero attached hydrogens (tertiary/aromatic N) is 4. The molecule has 2 aliphatic carbocycles. The summed E-state index contributed by atoms with van der Waals surface area (Å²) in [4.78, 5) is 14.9. The lowest BCUT2D eigenvalue weighted by molar-refractivity contribution is 0.0306. The molecule has 42 heavy (non-hydrogen) atoms. The molecule has 3 aromatic heterocycles. The smallest absolute Gasteiger partial charge is 0.229 e. The van der Waals surface area contributed by atoms with Gasteiger partial charge in [-0.05, 0) is 113 Å². The van der Waals surface area contributed by atoms with Gasteiger partial charge in [0, 0.05) is 41.6 Å². The Kier molecular flexibility index (Phi) is 7.34. The van der Waals surface area contributed by atoms with Gasteiger partial charge in [0.15, 0.2) is 5.65 Å². The average molecular weight is 567 g/mol. The molecule has 1 saturated carbocycles. The SMILES string of the molecule is CC[C@@]1(O)CCc2ccc(-n3c(C4CC4)cc4c(C)nc(Nc5ccc(NCCNC6CCNCC6)cc5)nc43)nc21. The van der Waals surface area contributed by atoms with Gasteiger partial charge in [-0.15, -0.1) is 0 Å². The third-order valence-electron chi connectivity index (χ3n) is 9.27. The van der Waals surface area contributed by atoms with Crippen molar-refractivity contribution in [3.8, 4) is 5.82 Å². The highest BCUT2D eigenvalue weighted by Gasteiger charge is 2.37. The summed E-state index contributed by atoms with van der Waals surface area (Å²) in [7, 11) is 0. The molecule has 0 bridgehead atoms. The normalized spacial score (nSPS) is 20.6. The first-order chi connectivity index (χ1) is 20.5. The predicted molar refractivity (Wildman–Crippen MR) is 168 cm³/mol. The minimum atomic E-state index is -0.851. The van der Waals surface area contributed by atoms with Crippen LogP contribution < -0.4 is 21.3 Å². The van der Waals surface area contributed by atoms with Gasteiger partial charge in [-0.25, -0.2) is 9.97 Å². The lowest BCUT2D eigenvalue weighted by Gasteiger charge is -2.23. The predicted octanol–water partition coefficient (Wildman–Crippen LogP) is 5.04. The fourth-order valence-electron chi connectivity index (χ4n) is 6.54. The number of aromatic nitrogens is 4. The van der Waals surface area contributed by atoms with Crippen LogP contribution >= 0.6 is 0 Å². The van der Waals surface area contributed by atoms with Gasteiger partial charge in [0.2, 0.25) is 5.95 Å². The van der Waals surface area contributed by atoms with Crippen molar-refractivity contribution in [3.05, 3.63) is 65.1 Å². The summed E-state index contributed by atoms with van der Waals surface area (Å²) in [5.74, 6) is 1.90. The van der Waals surface area contributed by atoms with E-state index in [9.17, 15) is 5.11 Å². The van der Waals surface area contributed by atoms with Crippen LogP contribution in [0, 0.1) is 6.92 Å². The summed E-state index contributed by atoms with van der Waals surface area (Å²) in [6, 6.07) is 15.4. The van der Waals surface area contributed by atoms with Gasteiger partial charge >= 0.3 is 0 Å². The fraction of sp³-hybridized carbons (Fsp3) is 0.485. The van der Waals surface area contributed by atoms with E-state index in [4.69, 9.17) is 15.0 Å². The molecule has 4 aromatic rings. The van der Waals surface area contributed by atoms with Crippen LogP contribution in [0.3, 0.4) is 0 Å². The van der Waals surface area contributed by atoms with Crippen LogP contribution in [-0.2, 0) is 12.0 Å². The van der Waals surface area contributed by atoms with E-state index in [1.807, 2.05) is 13.8 Å². The standard InChI is InChI=1S/C33H42N8O/c1-3-33(42)15-12-23-6-11-29(39-30(23)33)41-28(22-4-5-22)20-27-21(2)37-32(40-31(27)41)38-26-9-7-24(8-10-26)35-18-19-36-25-13-16-34-17-14-25/h6-11,20,22,25,34-36,42H,3-5,12-19H2,1-2H3,(H,37,38,40)/t33-/m1/s1. The first-order valence-corrected chi connectivity index (χ1v) is 15.7. The van der Waals surface area contributed by atoms with Crippen molar-refractivity contribution in [2.45, 2.75) is 76.4 Å². The molecule has 3 aliphatic rings. The molecule has 7 rings (SSSR count). The third kappa shape index (κ3) is 5.37. The van der Waals surface area contributed by atoms with E-state index in [1.54, 1.807) is 0 Å². The molecule has 220 valence electrons. The van der Waals surface area contributed by atoms with Crippen LogP contribution in [0.5, 0.6) is 0 Å². The highest BCUT2D eigenvalue weighted by molar-refractivity contribution is 5.83. The molecule has 2 fully saturated rings. The van der Waals surface area contributed by atoms with Crippen molar-refractivity contribution in [1.29, 1.82) is 0 Å². The van der Waals surface area contributed by atoms with E-state index in [2.05, 4.69) is 68.3 Å². The highest BCUT2D eigenvalue weighted by atomic mass is 16.3. The maximum Gasteiger partial charge on any atom is 0.229 e. The Hall–Kier alpha value is -3.53. The minimum absolute atomic E-state index is 0.505. The lowest BCUT2D eigenvalue weighted by Crippen LogP contribution is -2.41. The average Bonchev–Trinajstić information content (AvgIpc) is 3.71. The van der Waals surface area contributed by atoms with Gasteiger partial charge in [0.05, 0.1) is 11.4 Å². The first-order valence-electron chi connectivity index (χ1n) is 15.7. The number of anilines is 3. The summed E-state index contributed by atoms with van der Waals surface area (Å²) in [6.07, 6.45) is 7.01. The molecule has 1 atom stereocenters. The van der Waals surface area contributed by atoms with Crippen molar-refractivity contribution in [3.63, 3.8) is 0 Å². The molecule has 4 heterocycles. The number of nitrogens with one attached hydrogen (secondary N) is 4. The van der Waals surface area contributed by atoms with E-state index in [1.165, 1.54) is 31.4 Å². The van der Waals surface area contributed by atoms with E-state index in [-0.39, 0.29) is 0 Å². The Morgan fingerprint density at radius 3 is 2.52 bits per heavy atom. The first kappa shape index (κ1) is 27.3. The third-order valence-corrected chi connectivity index (χ3v) is 9.27. The molecular weight excluding hydrogens is 524 g/mol. The number of pyridine rings is 1. The molecule has 1 aromatic carbocycles. The lowest BCUT2D eigenvalue weighted by atomic mass is 9.98. The molecule has 0 unspecified atom stereocenters. The number of aryl methyl sites for hydroxylation is 2. The molecule has 5 N–H and O–H groups in total. The monoisotopic (exact) mass is 566 g/mol. The van der Waals surface area contributed by atoms with Gasteiger partial charge in [0.25, 0.3) is 0 Å². The zero-order valence-corrected chi connectivity index (χ0v) is 24.7. The van der Waals surface area contributed by atoms with Gasteiger partial charge < -0.3 is 26.4 Å². The summed E-state index contributed by atoms with van der Waals surface area (Å²) >= 11 is 0. The van der Waals surface area contributed by atoms with E-state index in [0.29, 0.717) is 24.3 Å². The minimum Gasteiger partial charge on any atom is -0.384 e. The van der Waals surface area contributed by atoms with Gasteiger partial charge in [-0.3, -0.25) is 4.57 Å². The number of hydrogen-bond acceptors (Lipinski definition) is 8.